The Balaban J connectivity index is 1.88. The van der Waals surface area contributed by atoms with Crippen LogP contribution in [-0.4, -0.2) is 53.2 Å². The number of nitrogens with zero attached hydrogens (tertiary/aromatic N) is 4. The Morgan fingerprint density at radius 1 is 1.50 bits per heavy atom. The molecule has 2 rings (SSSR count). The second-order valence-corrected chi connectivity index (χ2v) is 7.09. The third-order valence-electron chi connectivity index (χ3n) is 3.80. The molecule has 0 spiro atoms. The largest absolute Gasteiger partial charge is 0.444 e. The maximum atomic E-state index is 12.1. The van der Waals surface area contributed by atoms with Crippen molar-refractivity contribution in [1.82, 2.24) is 9.88 Å². The molecule has 1 aliphatic rings. The van der Waals surface area contributed by atoms with Crippen LogP contribution in [0.5, 0.6) is 0 Å². The van der Waals surface area contributed by atoms with Gasteiger partial charge in [0, 0.05) is 32.7 Å². The SMILES string of the molecule is CN(C[C@H]1CCN(C(=O)OC(C)(C)C)C1)c1ccc([N+](=O)[O-])cn1. The number of carbonyl (C=O) groups excluding carboxylic acids is 1. The van der Waals surface area contributed by atoms with Crippen molar-refractivity contribution in [1.29, 1.82) is 0 Å². The van der Waals surface area contributed by atoms with Gasteiger partial charge < -0.3 is 14.5 Å². The number of nitro groups is 1. The topological polar surface area (TPSA) is 88.8 Å². The van der Waals surface area contributed by atoms with E-state index in [1.54, 1.807) is 11.0 Å². The summed E-state index contributed by atoms with van der Waals surface area (Å²) < 4.78 is 5.39. The Labute approximate surface area is 141 Å². The summed E-state index contributed by atoms with van der Waals surface area (Å²) in [5.41, 5.74) is -0.515. The molecule has 1 atom stereocenters. The number of likely N-dealkylation sites (tertiary alicyclic amines) is 1. The monoisotopic (exact) mass is 336 g/mol. The third-order valence-corrected chi connectivity index (χ3v) is 3.80. The lowest BCUT2D eigenvalue weighted by Gasteiger charge is -2.25. The van der Waals surface area contributed by atoms with E-state index < -0.39 is 10.5 Å². The normalized spacial score (nSPS) is 17.7. The highest BCUT2D eigenvalue weighted by Gasteiger charge is 2.30. The van der Waals surface area contributed by atoms with Crippen LogP contribution in [0.15, 0.2) is 18.3 Å². The van der Waals surface area contributed by atoms with E-state index in [0.29, 0.717) is 24.8 Å². The molecule has 1 aromatic rings. The summed E-state index contributed by atoms with van der Waals surface area (Å²) in [6.45, 7) is 7.61. The van der Waals surface area contributed by atoms with E-state index in [1.165, 1.54) is 12.3 Å². The molecule has 0 N–H and O–H groups in total. The summed E-state index contributed by atoms with van der Waals surface area (Å²) >= 11 is 0. The third kappa shape index (κ3) is 4.81. The first-order valence-corrected chi connectivity index (χ1v) is 7.95. The van der Waals surface area contributed by atoms with Gasteiger partial charge in [-0.25, -0.2) is 9.78 Å². The molecule has 1 aromatic heterocycles. The van der Waals surface area contributed by atoms with Gasteiger partial charge in [0.1, 0.15) is 17.6 Å². The van der Waals surface area contributed by atoms with E-state index in [2.05, 4.69) is 4.98 Å². The van der Waals surface area contributed by atoms with E-state index in [1.807, 2.05) is 32.7 Å². The molecule has 24 heavy (non-hydrogen) atoms. The summed E-state index contributed by atoms with van der Waals surface area (Å²) in [6, 6.07) is 3.08. The van der Waals surface area contributed by atoms with Gasteiger partial charge in [0.15, 0.2) is 0 Å². The highest BCUT2D eigenvalue weighted by Crippen LogP contribution is 2.22. The lowest BCUT2D eigenvalue weighted by Crippen LogP contribution is -2.36. The number of amides is 1. The number of ether oxygens (including phenoxy) is 1. The average molecular weight is 336 g/mol. The summed E-state index contributed by atoms with van der Waals surface area (Å²) in [7, 11) is 1.89. The van der Waals surface area contributed by atoms with Crippen LogP contribution in [0.3, 0.4) is 0 Å². The zero-order valence-electron chi connectivity index (χ0n) is 14.6. The maximum absolute atomic E-state index is 12.1. The lowest BCUT2D eigenvalue weighted by atomic mass is 10.1. The predicted octanol–water partition coefficient (Wildman–Crippen LogP) is 2.68. The van der Waals surface area contributed by atoms with Crippen molar-refractivity contribution in [2.24, 2.45) is 5.92 Å². The number of hydrogen-bond acceptors (Lipinski definition) is 6. The minimum atomic E-state index is -0.491. The first kappa shape index (κ1) is 18.0. The smallest absolute Gasteiger partial charge is 0.410 e. The van der Waals surface area contributed by atoms with Crippen molar-refractivity contribution in [2.75, 3.05) is 31.6 Å². The van der Waals surface area contributed by atoms with Crippen LogP contribution in [-0.2, 0) is 4.74 Å². The van der Waals surface area contributed by atoms with Gasteiger partial charge in [-0.05, 0) is 39.2 Å². The first-order chi connectivity index (χ1) is 11.2. The van der Waals surface area contributed by atoms with E-state index in [-0.39, 0.29) is 11.8 Å². The van der Waals surface area contributed by atoms with Crippen LogP contribution in [0.25, 0.3) is 0 Å². The molecule has 8 nitrogen and oxygen atoms in total. The fraction of sp³-hybridized carbons (Fsp3) is 0.625. The van der Waals surface area contributed by atoms with Gasteiger partial charge >= 0.3 is 6.09 Å². The molecule has 0 bridgehead atoms. The van der Waals surface area contributed by atoms with Crippen molar-refractivity contribution < 1.29 is 14.5 Å². The zero-order valence-corrected chi connectivity index (χ0v) is 14.6. The van der Waals surface area contributed by atoms with E-state index in [0.717, 1.165) is 13.0 Å². The molecule has 2 heterocycles. The molecule has 0 aliphatic carbocycles. The minimum Gasteiger partial charge on any atom is -0.444 e. The van der Waals surface area contributed by atoms with Gasteiger partial charge in [-0.15, -0.1) is 0 Å². The Bertz CT molecular complexity index is 597. The summed E-state index contributed by atoms with van der Waals surface area (Å²) in [4.78, 5) is 30.1. The van der Waals surface area contributed by atoms with Gasteiger partial charge in [0.25, 0.3) is 5.69 Å². The van der Waals surface area contributed by atoms with Crippen LogP contribution < -0.4 is 4.90 Å². The molecule has 1 amide bonds. The highest BCUT2D eigenvalue weighted by molar-refractivity contribution is 5.68. The van der Waals surface area contributed by atoms with Crippen LogP contribution in [0.4, 0.5) is 16.3 Å². The average Bonchev–Trinajstić information content (AvgIpc) is 2.94. The predicted molar refractivity (Wildman–Crippen MR) is 90.1 cm³/mol. The van der Waals surface area contributed by atoms with Crippen LogP contribution in [0.2, 0.25) is 0 Å². The van der Waals surface area contributed by atoms with Gasteiger partial charge in [-0.3, -0.25) is 10.1 Å². The highest BCUT2D eigenvalue weighted by atomic mass is 16.6. The van der Waals surface area contributed by atoms with Crippen LogP contribution in [0, 0.1) is 16.0 Å². The van der Waals surface area contributed by atoms with Gasteiger partial charge in [0.05, 0.1) is 4.92 Å². The number of carbonyl (C=O) groups is 1. The molecule has 0 unspecified atom stereocenters. The minimum absolute atomic E-state index is 0.0240. The summed E-state index contributed by atoms with van der Waals surface area (Å²) in [5, 5.41) is 10.7. The molecule has 1 saturated heterocycles. The van der Waals surface area contributed by atoms with Crippen LogP contribution >= 0.6 is 0 Å². The lowest BCUT2D eigenvalue weighted by molar-refractivity contribution is -0.385. The van der Waals surface area contributed by atoms with Crippen molar-refractivity contribution in [3.63, 3.8) is 0 Å². The number of hydrogen-bond donors (Lipinski definition) is 0. The molecule has 1 aliphatic heterocycles. The quantitative estimate of drug-likeness (QED) is 0.620. The molecule has 132 valence electrons. The Morgan fingerprint density at radius 3 is 2.75 bits per heavy atom. The second-order valence-electron chi connectivity index (χ2n) is 7.09. The molecular weight excluding hydrogens is 312 g/mol. The molecule has 1 fully saturated rings. The van der Waals surface area contributed by atoms with Crippen molar-refractivity contribution >= 4 is 17.6 Å². The van der Waals surface area contributed by atoms with E-state index in [4.69, 9.17) is 4.74 Å². The van der Waals surface area contributed by atoms with Crippen molar-refractivity contribution in [2.45, 2.75) is 32.8 Å². The molecule has 0 saturated carbocycles. The van der Waals surface area contributed by atoms with Gasteiger partial charge in [0.2, 0.25) is 0 Å². The second kappa shape index (κ2) is 7.02. The van der Waals surface area contributed by atoms with Crippen molar-refractivity contribution in [3.8, 4) is 0 Å². The number of rotatable bonds is 4. The zero-order chi connectivity index (χ0) is 17.9. The number of aromatic nitrogens is 1. The van der Waals surface area contributed by atoms with E-state index >= 15 is 0 Å². The standard InChI is InChI=1S/C16H24N4O4/c1-16(2,3)24-15(21)19-8-7-12(11-19)10-18(4)14-6-5-13(9-17-14)20(22)23/h5-6,9,12H,7-8,10-11H2,1-4H3/t12-/m1/s1. The van der Waals surface area contributed by atoms with Crippen molar-refractivity contribution in [3.05, 3.63) is 28.4 Å². The number of anilines is 1. The summed E-state index contributed by atoms with van der Waals surface area (Å²) in [6.07, 6.45) is 1.88. The first-order valence-electron chi connectivity index (χ1n) is 7.95. The fourth-order valence-electron chi connectivity index (χ4n) is 2.67. The fourth-order valence-corrected chi connectivity index (χ4v) is 2.67. The number of pyridine rings is 1. The maximum Gasteiger partial charge on any atom is 0.410 e. The molecular formula is C16H24N4O4. The van der Waals surface area contributed by atoms with Crippen LogP contribution in [0.1, 0.15) is 27.2 Å². The Hall–Kier alpha value is -2.38. The Kier molecular flexibility index (Phi) is 5.26. The molecule has 8 heteroatoms. The Morgan fingerprint density at radius 2 is 2.21 bits per heavy atom. The van der Waals surface area contributed by atoms with Gasteiger partial charge in [-0.2, -0.15) is 0 Å². The molecule has 0 aromatic carbocycles. The summed E-state index contributed by atoms with van der Waals surface area (Å²) in [5.74, 6) is 0.996. The molecule has 0 radical (unpaired) electrons. The van der Waals surface area contributed by atoms with Gasteiger partial charge in [-0.1, -0.05) is 0 Å². The van der Waals surface area contributed by atoms with E-state index in [9.17, 15) is 14.9 Å².